The third kappa shape index (κ3) is 3.50. The van der Waals surface area contributed by atoms with Crippen LogP contribution in [-0.4, -0.2) is 56.4 Å². The molecule has 4 atom stereocenters. The highest BCUT2D eigenvalue weighted by Gasteiger charge is 2.58. The molecule has 0 spiro atoms. The molecule has 164 valence electrons. The number of aliphatic imine (C=N–C) groups is 1. The quantitative estimate of drug-likeness (QED) is 0.326. The van der Waals surface area contributed by atoms with Crippen LogP contribution in [0.25, 0.3) is 0 Å². The summed E-state index contributed by atoms with van der Waals surface area (Å²) in [4.78, 5) is 33.6. The Morgan fingerprint density at radius 1 is 1.13 bits per heavy atom. The van der Waals surface area contributed by atoms with Crippen LogP contribution in [0, 0.1) is 23.7 Å². The number of carbonyl (C=O) groups excluding carboxylic acids is 2. The summed E-state index contributed by atoms with van der Waals surface area (Å²) in [5.41, 5.74) is 3.94. The number of allylic oxidation sites excluding steroid dienone is 2. The lowest BCUT2D eigenvalue weighted by Gasteiger charge is -2.28. The Labute approximate surface area is 183 Å². The number of carbonyl (C=O) groups is 2. The standard InChI is InChI=1S/C24H31N5O2/c1-25-24(27-14-15-5-8-19-16(12-15)4-3-10-28(19)2)26-9-11-29-22(30)20-17-6-7-18(13-17)21(20)23(29)31/h5-8,12,17-18,20-21H,3-4,9-11,13-14H2,1-2H3,(H2,25,26,27). The zero-order valence-electron chi connectivity index (χ0n) is 18.3. The van der Waals surface area contributed by atoms with Gasteiger partial charge in [0.25, 0.3) is 0 Å². The van der Waals surface area contributed by atoms with Crippen molar-refractivity contribution in [3.05, 3.63) is 41.5 Å². The summed E-state index contributed by atoms with van der Waals surface area (Å²) < 4.78 is 0. The van der Waals surface area contributed by atoms with Crippen LogP contribution in [-0.2, 0) is 22.6 Å². The number of amides is 2. The molecule has 31 heavy (non-hydrogen) atoms. The van der Waals surface area contributed by atoms with Gasteiger partial charge in [0.1, 0.15) is 0 Å². The molecule has 1 aromatic rings. The molecule has 1 aromatic carbocycles. The van der Waals surface area contributed by atoms with E-state index in [9.17, 15) is 9.59 Å². The summed E-state index contributed by atoms with van der Waals surface area (Å²) in [6, 6.07) is 6.63. The average molecular weight is 422 g/mol. The highest BCUT2D eigenvalue weighted by molar-refractivity contribution is 6.06. The maximum Gasteiger partial charge on any atom is 0.233 e. The smallest absolute Gasteiger partial charge is 0.233 e. The maximum atomic E-state index is 12.8. The van der Waals surface area contributed by atoms with Crippen LogP contribution in [0.1, 0.15) is 24.0 Å². The number of hydrogen-bond acceptors (Lipinski definition) is 4. The second-order valence-electron chi connectivity index (χ2n) is 9.17. The molecule has 7 heteroatoms. The van der Waals surface area contributed by atoms with Gasteiger partial charge in [-0.25, -0.2) is 0 Å². The van der Waals surface area contributed by atoms with E-state index in [1.54, 1.807) is 7.05 Å². The topological polar surface area (TPSA) is 77.0 Å². The van der Waals surface area contributed by atoms with E-state index in [1.165, 1.54) is 28.1 Å². The highest BCUT2D eigenvalue weighted by Crippen LogP contribution is 2.52. The van der Waals surface area contributed by atoms with E-state index in [1.807, 2.05) is 0 Å². The van der Waals surface area contributed by atoms with Crippen molar-refractivity contribution in [1.82, 2.24) is 15.5 Å². The van der Waals surface area contributed by atoms with Crippen molar-refractivity contribution < 1.29 is 9.59 Å². The second-order valence-corrected chi connectivity index (χ2v) is 9.17. The minimum absolute atomic E-state index is 0.00984. The van der Waals surface area contributed by atoms with Crippen LogP contribution in [0.2, 0.25) is 0 Å². The molecule has 2 N–H and O–H groups in total. The summed E-state index contributed by atoms with van der Waals surface area (Å²) in [6.45, 7) is 2.67. The fraction of sp³-hybridized carbons (Fsp3) is 0.542. The molecule has 2 bridgehead atoms. The van der Waals surface area contributed by atoms with Gasteiger partial charge in [-0.1, -0.05) is 24.3 Å². The summed E-state index contributed by atoms with van der Waals surface area (Å²) in [6.07, 6.45) is 7.54. The zero-order chi connectivity index (χ0) is 21.5. The molecular formula is C24H31N5O2. The number of imide groups is 1. The lowest BCUT2D eigenvalue weighted by Crippen LogP contribution is -2.43. The maximum absolute atomic E-state index is 12.8. The van der Waals surface area contributed by atoms with Gasteiger partial charge in [-0.2, -0.15) is 0 Å². The van der Waals surface area contributed by atoms with Crippen molar-refractivity contribution in [1.29, 1.82) is 0 Å². The SMILES string of the molecule is CN=C(NCCN1C(=O)C2C3C=CC(C3)C2C1=O)NCc1ccc2c(c1)CCCN2C. The molecule has 1 saturated carbocycles. The van der Waals surface area contributed by atoms with E-state index in [0.717, 1.165) is 19.4 Å². The normalized spacial score (nSPS) is 28.9. The Hall–Kier alpha value is -2.83. The summed E-state index contributed by atoms with van der Waals surface area (Å²) >= 11 is 0. The number of nitrogens with one attached hydrogen (secondary N) is 2. The molecule has 0 aromatic heterocycles. The predicted molar refractivity (Wildman–Crippen MR) is 121 cm³/mol. The summed E-state index contributed by atoms with van der Waals surface area (Å²) in [5, 5.41) is 6.59. The number of nitrogens with zero attached hydrogens (tertiary/aromatic N) is 3. The van der Waals surface area contributed by atoms with Gasteiger partial charge in [-0.15, -0.1) is 0 Å². The average Bonchev–Trinajstić information content (AvgIpc) is 3.46. The number of guanidine groups is 1. The number of fused-ring (bicyclic) bond motifs is 6. The van der Waals surface area contributed by atoms with Crippen molar-refractivity contribution in [2.24, 2.45) is 28.7 Å². The van der Waals surface area contributed by atoms with Gasteiger partial charge in [0.15, 0.2) is 5.96 Å². The van der Waals surface area contributed by atoms with Crippen LogP contribution >= 0.6 is 0 Å². The second kappa shape index (κ2) is 8.02. The van der Waals surface area contributed by atoms with E-state index < -0.39 is 0 Å². The fourth-order valence-electron chi connectivity index (χ4n) is 5.83. The first-order valence-corrected chi connectivity index (χ1v) is 11.4. The number of likely N-dealkylation sites (tertiary alicyclic amines) is 1. The first-order chi connectivity index (χ1) is 15.1. The van der Waals surface area contributed by atoms with Gasteiger partial charge in [0.2, 0.25) is 11.8 Å². The minimum Gasteiger partial charge on any atom is -0.374 e. The van der Waals surface area contributed by atoms with Crippen LogP contribution < -0.4 is 15.5 Å². The summed E-state index contributed by atoms with van der Waals surface area (Å²) in [7, 11) is 3.88. The van der Waals surface area contributed by atoms with Gasteiger partial charge in [0, 0.05) is 46.0 Å². The fourth-order valence-corrected chi connectivity index (χ4v) is 5.83. The molecule has 4 unspecified atom stereocenters. The Balaban J connectivity index is 1.12. The van der Waals surface area contributed by atoms with Crippen LogP contribution in [0.4, 0.5) is 5.69 Å². The van der Waals surface area contributed by atoms with Crippen molar-refractivity contribution in [2.45, 2.75) is 25.8 Å². The van der Waals surface area contributed by atoms with Crippen molar-refractivity contribution in [3.8, 4) is 0 Å². The zero-order valence-corrected chi connectivity index (χ0v) is 18.3. The number of hydrogen-bond donors (Lipinski definition) is 2. The van der Waals surface area contributed by atoms with Crippen LogP contribution in [0.3, 0.4) is 0 Å². The molecule has 0 radical (unpaired) electrons. The van der Waals surface area contributed by atoms with Gasteiger partial charge < -0.3 is 15.5 Å². The summed E-state index contributed by atoms with van der Waals surface area (Å²) in [5.74, 6) is 0.971. The van der Waals surface area contributed by atoms with Crippen molar-refractivity contribution in [3.63, 3.8) is 0 Å². The Bertz CT molecular complexity index is 925. The number of benzene rings is 1. The van der Waals surface area contributed by atoms with Crippen molar-refractivity contribution in [2.75, 3.05) is 38.6 Å². The van der Waals surface area contributed by atoms with E-state index >= 15 is 0 Å². The third-order valence-corrected chi connectivity index (χ3v) is 7.37. The molecular weight excluding hydrogens is 390 g/mol. The monoisotopic (exact) mass is 421 g/mol. The van der Waals surface area contributed by atoms with Gasteiger partial charge >= 0.3 is 0 Å². The van der Waals surface area contributed by atoms with Gasteiger partial charge in [-0.3, -0.25) is 19.5 Å². The lowest BCUT2D eigenvalue weighted by atomic mass is 9.85. The van der Waals surface area contributed by atoms with E-state index in [0.29, 0.717) is 25.6 Å². The lowest BCUT2D eigenvalue weighted by molar-refractivity contribution is -0.140. The molecule has 2 amide bonds. The number of aryl methyl sites for hydroxylation is 1. The number of anilines is 1. The largest absolute Gasteiger partial charge is 0.374 e. The molecule has 1 saturated heterocycles. The third-order valence-electron chi connectivity index (χ3n) is 7.37. The number of rotatable bonds is 5. The van der Waals surface area contributed by atoms with E-state index in [-0.39, 0.29) is 35.5 Å². The van der Waals surface area contributed by atoms with Gasteiger partial charge in [0.05, 0.1) is 11.8 Å². The molecule has 5 rings (SSSR count). The predicted octanol–water partition coefficient (Wildman–Crippen LogP) is 1.54. The minimum atomic E-state index is -0.122. The highest BCUT2D eigenvalue weighted by atomic mass is 16.2. The first-order valence-electron chi connectivity index (χ1n) is 11.4. The van der Waals surface area contributed by atoms with Crippen molar-refractivity contribution >= 4 is 23.5 Å². The Morgan fingerprint density at radius 2 is 1.87 bits per heavy atom. The Morgan fingerprint density at radius 3 is 2.58 bits per heavy atom. The van der Waals surface area contributed by atoms with Gasteiger partial charge in [-0.05, 0) is 48.3 Å². The molecule has 2 aliphatic carbocycles. The Kier molecular flexibility index (Phi) is 5.20. The van der Waals surface area contributed by atoms with Crippen LogP contribution in [0.15, 0.2) is 35.3 Å². The molecule has 7 nitrogen and oxygen atoms in total. The molecule has 2 aliphatic heterocycles. The van der Waals surface area contributed by atoms with Crippen LogP contribution in [0.5, 0.6) is 0 Å². The van der Waals surface area contributed by atoms with E-state index in [4.69, 9.17) is 0 Å². The van der Waals surface area contributed by atoms with E-state index in [2.05, 4.69) is 57.9 Å². The molecule has 4 aliphatic rings. The molecule has 2 heterocycles. The molecule has 2 fully saturated rings. The first kappa shape index (κ1) is 20.1.